The number of nitrogens with zero attached hydrogens (tertiary/aromatic N) is 2. The van der Waals surface area contributed by atoms with Crippen LogP contribution >= 0.6 is 0 Å². The zero-order chi connectivity index (χ0) is 29.8. The number of alkyl halides is 3. The summed E-state index contributed by atoms with van der Waals surface area (Å²) in [6.07, 6.45) is -0.376. The van der Waals surface area contributed by atoms with E-state index in [-0.39, 0.29) is 23.0 Å². The zero-order valence-electron chi connectivity index (χ0n) is 22.9. The number of sulfone groups is 1. The van der Waals surface area contributed by atoms with E-state index in [2.05, 4.69) is 32.7 Å². The topological polar surface area (TPSA) is 105 Å². The highest BCUT2D eigenvalue weighted by Gasteiger charge is 2.28. The van der Waals surface area contributed by atoms with Gasteiger partial charge < -0.3 is 30.2 Å². The van der Waals surface area contributed by atoms with Crippen LogP contribution in [0.25, 0.3) is 10.9 Å². The van der Waals surface area contributed by atoms with Crippen LogP contribution in [0, 0.1) is 11.8 Å². The lowest BCUT2D eigenvalue weighted by Gasteiger charge is -2.29. The minimum absolute atomic E-state index is 0.00839. The lowest BCUT2D eigenvalue weighted by molar-refractivity contribution is -0.139. The Morgan fingerprint density at radius 3 is 2.51 bits per heavy atom. The molecule has 0 aliphatic carbocycles. The molecular formula is C28H32F3N5O4S. The van der Waals surface area contributed by atoms with Gasteiger partial charge in [0, 0.05) is 35.5 Å². The van der Waals surface area contributed by atoms with Crippen LogP contribution in [-0.4, -0.2) is 76.2 Å². The highest BCUT2D eigenvalue weighted by molar-refractivity contribution is 7.90. The zero-order valence-corrected chi connectivity index (χ0v) is 23.7. The molecule has 1 aliphatic rings. The molecule has 13 heteroatoms. The quantitative estimate of drug-likeness (QED) is 0.354. The molecule has 2 heterocycles. The number of benzene rings is 2. The van der Waals surface area contributed by atoms with Crippen LogP contribution in [0.2, 0.25) is 0 Å². The van der Waals surface area contributed by atoms with E-state index >= 15 is 0 Å². The van der Waals surface area contributed by atoms with Crippen LogP contribution in [-0.2, 0) is 16.4 Å². The smallest absolute Gasteiger partial charge is 0.406 e. The van der Waals surface area contributed by atoms with E-state index in [0.29, 0.717) is 28.1 Å². The molecule has 0 atom stereocenters. The maximum absolute atomic E-state index is 13.2. The van der Waals surface area contributed by atoms with E-state index in [9.17, 15) is 26.4 Å². The maximum Gasteiger partial charge on any atom is 0.406 e. The number of ether oxygens (including phenoxy) is 1. The Morgan fingerprint density at radius 1 is 1.12 bits per heavy atom. The van der Waals surface area contributed by atoms with Crippen molar-refractivity contribution < 1.29 is 31.1 Å². The SMILES string of the molecule is COc1cc(S(C)(=O)=O)ccc1NCC#Cc1cc(NC(=O)NC2CCN(C)CC2)c2ccn(CC(F)(F)F)c2c1. The van der Waals surface area contributed by atoms with Gasteiger partial charge in [-0.3, -0.25) is 0 Å². The Hall–Kier alpha value is -3.89. The van der Waals surface area contributed by atoms with Gasteiger partial charge in [0.1, 0.15) is 12.3 Å². The number of rotatable bonds is 7. The molecule has 41 heavy (non-hydrogen) atoms. The Morgan fingerprint density at radius 2 is 1.85 bits per heavy atom. The lowest BCUT2D eigenvalue weighted by Crippen LogP contribution is -2.44. The van der Waals surface area contributed by atoms with Crippen molar-refractivity contribution >= 4 is 38.1 Å². The number of amides is 2. The average molecular weight is 592 g/mol. The Labute approximate surface area is 236 Å². The molecule has 2 amide bonds. The molecule has 0 radical (unpaired) electrons. The van der Waals surface area contributed by atoms with Gasteiger partial charge in [-0.1, -0.05) is 11.8 Å². The van der Waals surface area contributed by atoms with Gasteiger partial charge >= 0.3 is 12.2 Å². The van der Waals surface area contributed by atoms with Crippen LogP contribution in [0.3, 0.4) is 0 Å². The monoisotopic (exact) mass is 591 g/mol. The number of nitrogens with one attached hydrogen (secondary N) is 3. The molecular weight excluding hydrogens is 559 g/mol. The van der Waals surface area contributed by atoms with E-state index in [0.717, 1.165) is 36.8 Å². The van der Waals surface area contributed by atoms with Gasteiger partial charge in [-0.25, -0.2) is 13.2 Å². The molecule has 3 aromatic rings. The molecule has 220 valence electrons. The van der Waals surface area contributed by atoms with Crippen molar-refractivity contribution in [1.29, 1.82) is 0 Å². The van der Waals surface area contributed by atoms with Gasteiger partial charge in [-0.05, 0) is 63.3 Å². The summed E-state index contributed by atoms with van der Waals surface area (Å²) in [6.45, 7) is 0.680. The number of halogens is 3. The van der Waals surface area contributed by atoms with Crippen LogP contribution in [0.4, 0.5) is 29.3 Å². The third-order valence-corrected chi connectivity index (χ3v) is 7.85. The van der Waals surface area contributed by atoms with Gasteiger partial charge in [0.25, 0.3) is 0 Å². The molecule has 1 fully saturated rings. The number of hydrogen-bond acceptors (Lipinski definition) is 6. The average Bonchev–Trinajstić information content (AvgIpc) is 3.28. The summed E-state index contributed by atoms with van der Waals surface area (Å²) in [5, 5.41) is 9.27. The lowest BCUT2D eigenvalue weighted by atomic mass is 10.1. The Kier molecular flexibility index (Phi) is 9.04. The van der Waals surface area contributed by atoms with Crippen molar-refractivity contribution in [2.75, 3.05) is 50.7 Å². The summed E-state index contributed by atoms with van der Waals surface area (Å²) in [5.74, 6) is 6.18. The van der Waals surface area contributed by atoms with Gasteiger partial charge in [0.15, 0.2) is 9.84 Å². The first kappa shape index (κ1) is 30.1. The molecule has 2 aromatic carbocycles. The number of carbonyl (C=O) groups excluding carboxylic acids is 1. The second kappa shape index (κ2) is 12.3. The third kappa shape index (κ3) is 8.08. The molecule has 1 aromatic heterocycles. The Bertz CT molecular complexity index is 1580. The van der Waals surface area contributed by atoms with Gasteiger partial charge in [0.05, 0.1) is 35.4 Å². The van der Waals surface area contributed by atoms with Crippen molar-refractivity contribution in [1.82, 2.24) is 14.8 Å². The number of piperidine rings is 1. The van der Waals surface area contributed by atoms with E-state index in [4.69, 9.17) is 4.74 Å². The van der Waals surface area contributed by atoms with Crippen LogP contribution in [0.5, 0.6) is 5.75 Å². The first-order chi connectivity index (χ1) is 19.3. The summed E-state index contributed by atoms with van der Waals surface area (Å²) in [4.78, 5) is 15.1. The number of aromatic nitrogens is 1. The number of carbonyl (C=O) groups is 1. The number of fused-ring (bicyclic) bond motifs is 1. The van der Waals surface area contributed by atoms with Crippen LogP contribution in [0.1, 0.15) is 18.4 Å². The second-order valence-electron chi connectivity index (χ2n) is 9.98. The minimum Gasteiger partial charge on any atom is -0.495 e. The van der Waals surface area contributed by atoms with E-state index in [1.54, 1.807) is 18.2 Å². The number of urea groups is 1. The first-order valence-electron chi connectivity index (χ1n) is 12.9. The van der Waals surface area contributed by atoms with Crippen LogP contribution < -0.4 is 20.7 Å². The summed E-state index contributed by atoms with van der Waals surface area (Å²) >= 11 is 0. The predicted octanol–water partition coefficient (Wildman–Crippen LogP) is 4.30. The number of likely N-dealkylation sites (tertiary alicyclic amines) is 1. The van der Waals surface area contributed by atoms with Gasteiger partial charge in [-0.15, -0.1) is 0 Å². The maximum atomic E-state index is 13.2. The number of methoxy groups -OCH3 is 1. The normalized spacial score (nSPS) is 14.8. The standard InChI is InChI=1S/C28H32F3N5O4S/c1-35-12-8-20(9-13-35)33-27(37)34-24-15-19(16-25-22(24)10-14-36(25)18-28(29,30)31)5-4-11-32-23-7-6-21(41(3,38)39)17-26(23)40-2/h6-7,10,14-17,20,32H,8-9,11-13,18H2,1-3H3,(H2,33,34,37). The van der Waals surface area contributed by atoms with Crippen molar-refractivity contribution in [2.45, 2.75) is 36.5 Å². The van der Waals surface area contributed by atoms with Crippen LogP contribution in [0.15, 0.2) is 47.5 Å². The Balaban J connectivity index is 1.55. The molecule has 0 unspecified atom stereocenters. The minimum atomic E-state index is -4.43. The van der Waals surface area contributed by atoms with Crippen molar-refractivity contribution in [2.24, 2.45) is 0 Å². The van der Waals surface area contributed by atoms with Crippen molar-refractivity contribution in [3.63, 3.8) is 0 Å². The molecule has 0 bridgehead atoms. The fourth-order valence-electron chi connectivity index (χ4n) is 4.63. The summed E-state index contributed by atoms with van der Waals surface area (Å²) in [5.41, 5.74) is 1.57. The van der Waals surface area contributed by atoms with Gasteiger partial charge in [0.2, 0.25) is 0 Å². The number of anilines is 2. The molecule has 3 N–H and O–H groups in total. The first-order valence-corrected chi connectivity index (χ1v) is 14.8. The highest BCUT2D eigenvalue weighted by atomic mass is 32.2. The second-order valence-corrected chi connectivity index (χ2v) is 12.0. The summed E-state index contributed by atoms with van der Waals surface area (Å²) < 4.78 is 69.7. The summed E-state index contributed by atoms with van der Waals surface area (Å²) in [6, 6.07) is 8.72. The fourth-order valence-corrected chi connectivity index (χ4v) is 5.27. The molecule has 1 saturated heterocycles. The molecule has 1 aliphatic heterocycles. The predicted molar refractivity (Wildman–Crippen MR) is 152 cm³/mol. The molecule has 9 nitrogen and oxygen atoms in total. The molecule has 4 rings (SSSR count). The van der Waals surface area contributed by atoms with E-state index in [1.165, 1.54) is 31.5 Å². The molecule has 0 saturated carbocycles. The largest absolute Gasteiger partial charge is 0.495 e. The van der Waals surface area contributed by atoms with E-state index in [1.807, 2.05) is 7.05 Å². The fraction of sp³-hybridized carbons (Fsp3) is 0.393. The highest BCUT2D eigenvalue weighted by Crippen LogP contribution is 2.30. The van der Waals surface area contributed by atoms with Gasteiger partial charge in [-0.2, -0.15) is 13.2 Å². The van der Waals surface area contributed by atoms with E-state index < -0.39 is 28.6 Å². The summed E-state index contributed by atoms with van der Waals surface area (Å²) in [7, 11) is 0.0276. The molecule has 0 spiro atoms. The number of hydrogen-bond donors (Lipinski definition) is 3. The van der Waals surface area contributed by atoms with Crippen molar-refractivity contribution in [3.8, 4) is 17.6 Å². The van der Waals surface area contributed by atoms with Crippen molar-refractivity contribution in [3.05, 3.63) is 48.2 Å². The third-order valence-electron chi connectivity index (χ3n) is 6.74.